The Morgan fingerprint density at radius 2 is 2.04 bits per heavy atom. The van der Waals surface area contributed by atoms with Gasteiger partial charge in [-0.2, -0.15) is 8.42 Å². The minimum atomic E-state index is -3.60. The molecule has 0 aliphatic carbocycles. The number of nitrogens with one attached hydrogen (secondary N) is 1. The molecule has 0 saturated carbocycles. The zero-order valence-electron chi connectivity index (χ0n) is 13.4. The van der Waals surface area contributed by atoms with Gasteiger partial charge in [0.15, 0.2) is 0 Å². The Labute approximate surface area is 145 Å². The van der Waals surface area contributed by atoms with Crippen LogP contribution in [0.5, 0.6) is 0 Å². The lowest BCUT2D eigenvalue weighted by Crippen LogP contribution is -2.41. The van der Waals surface area contributed by atoms with Gasteiger partial charge in [-0.15, -0.1) is 4.72 Å². The smallest absolute Gasteiger partial charge is 0.264 e. The summed E-state index contributed by atoms with van der Waals surface area (Å²) in [6, 6.07) is 3.80. The van der Waals surface area contributed by atoms with Gasteiger partial charge in [-0.05, 0) is 33.3 Å². The van der Waals surface area contributed by atoms with Crippen molar-refractivity contribution >= 4 is 33.1 Å². The first-order valence-electron chi connectivity index (χ1n) is 6.88. The molecule has 1 rings (SSSR count). The first-order valence-corrected chi connectivity index (χ1v) is 10.2. The molecule has 132 valence electrons. The molecule has 0 fully saturated rings. The van der Waals surface area contributed by atoms with Gasteiger partial charge in [0.2, 0.25) is 0 Å². The van der Waals surface area contributed by atoms with Crippen LogP contribution in [0.2, 0.25) is 5.02 Å². The maximum absolute atomic E-state index is 14.2. The molecule has 5 nitrogen and oxygen atoms in total. The number of rotatable bonds is 7. The summed E-state index contributed by atoms with van der Waals surface area (Å²) >= 11 is 4.31. The van der Waals surface area contributed by atoms with Crippen molar-refractivity contribution in [3.05, 3.63) is 34.6 Å². The lowest BCUT2D eigenvalue weighted by molar-refractivity contribution is 0.298. The molecule has 0 heterocycles. The summed E-state index contributed by atoms with van der Waals surface area (Å²) < 4.78 is 55.6. The van der Waals surface area contributed by atoms with Crippen LogP contribution in [0, 0.1) is 5.82 Å². The standard InChI is InChI=1S/C14H21ClFNO4S2/c1-14(2,3)22(18)17-12(8-9-21-23(4,19)20)10-6-5-7-11(15)13(10)16/h5-7,12,17H,8-9H2,1-4H3/t12?,22-/m0/s1. The second-order valence-electron chi connectivity index (χ2n) is 6.01. The van der Waals surface area contributed by atoms with E-state index < -0.39 is 38.1 Å². The molecule has 1 aromatic rings. The molecular weight excluding hydrogens is 365 g/mol. The largest absolute Gasteiger partial charge is 0.598 e. The molecule has 0 aliphatic heterocycles. The highest BCUT2D eigenvalue weighted by Gasteiger charge is 2.31. The second kappa shape index (κ2) is 8.13. The lowest BCUT2D eigenvalue weighted by atomic mass is 10.0. The normalized spacial score (nSPS) is 15.4. The van der Waals surface area contributed by atoms with E-state index in [1.54, 1.807) is 26.8 Å². The van der Waals surface area contributed by atoms with Gasteiger partial charge in [0.1, 0.15) is 10.6 Å². The van der Waals surface area contributed by atoms with Crippen LogP contribution < -0.4 is 4.72 Å². The molecule has 0 spiro atoms. The highest BCUT2D eigenvalue weighted by atomic mass is 35.5. The average Bonchev–Trinajstić information content (AvgIpc) is 2.38. The van der Waals surface area contributed by atoms with E-state index in [1.165, 1.54) is 12.1 Å². The third kappa shape index (κ3) is 6.94. The Balaban J connectivity index is 2.98. The SMILES string of the molecule is CC(C)(C)[S@+]([O-])NC(CCOS(C)(=O)=O)c1cccc(Cl)c1F. The summed E-state index contributed by atoms with van der Waals surface area (Å²) in [4.78, 5) is 0. The molecule has 0 aliphatic rings. The third-order valence-corrected chi connectivity index (χ3v) is 5.36. The minimum Gasteiger partial charge on any atom is -0.598 e. The highest BCUT2D eigenvalue weighted by molar-refractivity contribution is 7.90. The van der Waals surface area contributed by atoms with Crippen molar-refractivity contribution in [2.45, 2.75) is 38.0 Å². The molecule has 1 unspecified atom stereocenters. The van der Waals surface area contributed by atoms with Gasteiger partial charge in [0.05, 0.1) is 23.9 Å². The third-order valence-electron chi connectivity index (χ3n) is 2.87. The Morgan fingerprint density at radius 1 is 1.43 bits per heavy atom. The van der Waals surface area contributed by atoms with Gasteiger partial charge in [0, 0.05) is 16.9 Å². The van der Waals surface area contributed by atoms with Crippen LogP contribution >= 0.6 is 11.6 Å². The maximum atomic E-state index is 14.2. The van der Waals surface area contributed by atoms with E-state index in [2.05, 4.69) is 4.72 Å². The Kier molecular flexibility index (Phi) is 7.31. The minimum absolute atomic E-state index is 0.0557. The fourth-order valence-electron chi connectivity index (χ4n) is 1.69. The highest BCUT2D eigenvalue weighted by Crippen LogP contribution is 2.28. The van der Waals surface area contributed by atoms with Crippen LogP contribution in [0.15, 0.2) is 18.2 Å². The van der Waals surface area contributed by atoms with Crippen molar-refractivity contribution in [1.82, 2.24) is 4.72 Å². The average molecular weight is 386 g/mol. The molecule has 1 aromatic carbocycles. The van der Waals surface area contributed by atoms with Crippen LogP contribution in [-0.2, 0) is 25.7 Å². The van der Waals surface area contributed by atoms with E-state index in [9.17, 15) is 17.4 Å². The summed E-state index contributed by atoms with van der Waals surface area (Å²) in [6.07, 6.45) is 1.05. The van der Waals surface area contributed by atoms with Crippen LogP contribution in [0.4, 0.5) is 4.39 Å². The Bertz CT molecular complexity index is 634. The maximum Gasteiger partial charge on any atom is 0.264 e. The zero-order valence-corrected chi connectivity index (χ0v) is 15.8. The first-order chi connectivity index (χ1) is 10.4. The molecule has 1 N–H and O–H groups in total. The predicted octanol–water partition coefficient (Wildman–Crippen LogP) is 2.94. The Morgan fingerprint density at radius 3 is 2.57 bits per heavy atom. The van der Waals surface area contributed by atoms with E-state index in [1.807, 2.05) is 0 Å². The summed E-state index contributed by atoms with van der Waals surface area (Å²) in [7, 11) is -3.60. The van der Waals surface area contributed by atoms with Crippen molar-refractivity contribution in [2.75, 3.05) is 12.9 Å². The molecule has 9 heteroatoms. The van der Waals surface area contributed by atoms with Gasteiger partial charge in [-0.25, -0.2) is 4.39 Å². The monoisotopic (exact) mass is 385 g/mol. The molecule has 0 saturated heterocycles. The topological polar surface area (TPSA) is 78.5 Å². The van der Waals surface area contributed by atoms with Gasteiger partial charge >= 0.3 is 0 Å². The van der Waals surface area contributed by atoms with E-state index >= 15 is 0 Å². The van der Waals surface area contributed by atoms with Crippen LogP contribution in [0.3, 0.4) is 0 Å². The van der Waals surface area contributed by atoms with Crippen molar-refractivity contribution in [3.8, 4) is 0 Å². The summed E-state index contributed by atoms with van der Waals surface area (Å²) in [5, 5.41) is -0.0557. The molecule has 2 atom stereocenters. The van der Waals surface area contributed by atoms with Crippen molar-refractivity contribution in [3.63, 3.8) is 0 Å². The van der Waals surface area contributed by atoms with Gasteiger partial charge in [-0.1, -0.05) is 23.7 Å². The summed E-state index contributed by atoms with van der Waals surface area (Å²) in [5.41, 5.74) is 0.215. The second-order valence-corrected chi connectivity index (χ2v) is 10.1. The lowest BCUT2D eigenvalue weighted by Gasteiger charge is -2.28. The van der Waals surface area contributed by atoms with E-state index in [0.717, 1.165) is 6.26 Å². The van der Waals surface area contributed by atoms with Crippen molar-refractivity contribution < 1.29 is 21.5 Å². The quantitative estimate of drug-likeness (QED) is 0.576. The summed E-state index contributed by atoms with van der Waals surface area (Å²) in [5.74, 6) is -0.628. The molecule has 23 heavy (non-hydrogen) atoms. The Hall–Kier alpha value is -0.380. The van der Waals surface area contributed by atoms with E-state index in [0.29, 0.717) is 0 Å². The van der Waals surface area contributed by atoms with Crippen LogP contribution in [0.1, 0.15) is 38.8 Å². The number of benzene rings is 1. The molecule has 0 amide bonds. The van der Waals surface area contributed by atoms with Gasteiger partial charge in [-0.3, -0.25) is 4.18 Å². The molecule has 0 aromatic heterocycles. The van der Waals surface area contributed by atoms with Crippen LogP contribution in [0.25, 0.3) is 0 Å². The fraction of sp³-hybridized carbons (Fsp3) is 0.571. The van der Waals surface area contributed by atoms with E-state index in [4.69, 9.17) is 15.8 Å². The number of halogens is 2. The van der Waals surface area contributed by atoms with Gasteiger partial charge in [0.25, 0.3) is 10.1 Å². The number of hydrogen-bond donors (Lipinski definition) is 1. The van der Waals surface area contributed by atoms with Crippen molar-refractivity contribution in [1.29, 1.82) is 0 Å². The van der Waals surface area contributed by atoms with Crippen molar-refractivity contribution in [2.24, 2.45) is 0 Å². The predicted molar refractivity (Wildman–Crippen MR) is 90.6 cm³/mol. The summed E-state index contributed by atoms with van der Waals surface area (Å²) in [6.45, 7) is 5.15. The molecule has 0 radical (unpaired) electrons. The van der Waals surface area contributed by atoms with Gasteiger partial charge < -0.3 is 4.55 Å². The number of hydrogen-bond acceptors (Lipinski definition) is 5. The zero-order chi connectivity index (χ0) is 17.8. The fourth-order valence-corrected chi connectivity index (χ4v) is 3.13. The van der Waals surface area contributed by atoms with Crippen LogP contribution in [-0.4, -0.2) is 30.6 Å². The van der Waals surface area contributed by atoms with E-state index in [-0.39, 0.29) is 23.6 Å². The molecular formula is C14H21ClFNO4S2. The first kappa shape index (κ1) is 20.7. The molecule has 0 bridgehead atoms.